The molecule has 1 atom stereocenters. The van der Waals surface area contributed by atoms with Gasteiger partial charge in [0.2, 0.25) is 0 Å². The molecule has 1 aromatic heterocycles. The first-order chi connectivity index (χ1) is 9.60. The van der Waals surface area contributed by atoms with E-state index in [9.17, 15) is 0 Å². The maximum absolute atomic E-state index is 6.05. The number of halogens is 1. The van der Waals surface area contributed by atoms with E-state index in [1.165, 1.54) is 20.9 Å². The van der Waals surface area contributed by atoms with E-state index in [2.05, 4.69) is 50.4 Å². The number of hydrogen-bond donors (Lipinski definition) is 1. The molecule has 0 saturated heterocycles. The van der Waals surface area contributed by atoms with E-state index in [1.54, 1.807) is 11.3 Å². The molecule has 0 bridgehead atoms. The molecule has 2 aromatic rings. The average molecular weight is 306 g/mol. The third-order valence-electron chi connectivity index (χ3n) is 3.30. The smallest absolute Gasteiger partial charge is 0.0412 e. The predicted octanol–water partition coefficient (Wildman–Crippen LogP) is 5.47. The van der Waals surface area contributed by atoms with Gasteiger partial charge in [0.15, 0.2) is 0 Å². The van der Waals surface area contributed by atoms with Gasteiger partial charge in [0.1, 0.15) is 0 Å². The van der Waals surface area contributed by atoms with Crippen LogP contribution in [0.1, 0.15) is 25.6 Å². The van der Waals surface area contributed by atoms with Gasteiger partial charge in [-0.05, 0) is 56.3 Å². The van der Waals surface area contributed by atoms with E-state index < -0.39 is 0 Å². The monoisotopic (exact) mass is 305 g/mol. The minimum Gasteiger partial charge on any atom is -0.311 e. The second-order valence-electron chi connectivity index (χ2n) is 4.88. The van der Waals surface area contributed by atoms with Gasteiger partial charge < -0.3 is 5.32 Å². The van der Waals surface area contributed by atoms with Crippen LogP contribution in [0.2, 0.25) is 5.02 Å². The van der Waals surface area contributed by atoms with E-state index in [0.717, 1.165) is 11.6 Å². The van der Waals surface area contributed by atoms with Crippen LogP contribution in [0.25, 0.3) is 16.5 Å². The highest BCUT2D eigenvalue weighted by molar-refractivity contribution is 7.16. The van der Waals surface area contributed by atoms with Crippen molar-refractivity contribution in [2.75, 3.05) is 6.54 Å². The molecule has 0 radical (unpaired) electrons. The van der Waals surface area contributed by atoms with Gasteiger partial charge in [0.05, 0.1) is 0 Å². The molecule has 0 amide bonds. The Morgan fingerprint density at radius 1 is 1.35 bits per heavy atom. The fraction of sp³-hybridized carbons (Fsp3) is 0.294. The fourth-order valence-electron chi connectivity index (χ4n) is 2.04. The van der Waals surface area contributed by atoms with Crippen molar-refractivity contribution < 1.29 is 0 Å². The van der Waals surface area contributed by atoms with Gasteiger partial charge in [-0.3, -0.25) is 0 Å². The Hall–Kier alpha value is -1.09. The van der Waals surface area contributed by atoms with Crippen LogP contribution in [0.3, 0.4) is 0 Å². The first-order valence-corrected chi connectivity index (χ1v) is 8.07. The summed E-state index contributed by atoms with van der Waals surface area (Å²) in [5, 5.41) is 4.21. The molecule has 2 rings (SSSR count). The molecule has 0 aliphatic rings. The number of nitrogens with one attached hydrogen (secondary N) is 1. The molecule has 1 heterocycles. The lowest BCUT2D eigenvalue weighted by Gasteiger charge is -2.12. The van der Waals surface area contributed by atoms with Crippen LogP contribution in [-0.4, -0.2) is 12.6 Å². The minimum atomic E-state index is 0.414. The molecule has 106 valence electrons. The summed E-state index contributed by atoms with van der Waals surface area (Å²) >= 11 is 7.84. The average Bonchev–Trinajstić information content (AvgIpc) is 2.87. The number of benzene rings is 1. The molecule has 0 saturated carbocycles. The van der Waals surface area contributed by atoms with E-state index in [1.807, 2.05) is 18.2 Å². The summed E-state index contributed by atoms with van der Waals surface area (Å²) in [5.41, 5.74) is 2.53. The Morgan fingerprint density at radius 3 is 2.85 bits per heavy atom. The Balaban J connectivity index is 2.19. The maximum atomic E-state index is 6.05. The zero-order valence-electron chi connectivity index (χ0n) is 12.1. The standard InChI is InChI=1S/C17H20ClNS/c1-4-19-13(3)12(2)10-16-8-9-17(20-16)14-6-5-7-15(18)11-14/h5-11,13,19H,4H2,1-3H3/b12-10+. The summed E-state index contributed by atoms with van der Waals surface area (Å²) in [5.74, 6) is 0. The summed E-state index contributed by atoms with van der Waals surface area (Å²) in [6, 6.07) is 12.7. The lowest BCUT2D eigenvalue weighted by molar-refractivity contribution is 0.636. The van der Waals surface area contributed by atoms with Gasteiger partial charge in [0.25, 0.3) is 0 Å². The van der Waals surface area contributed by atoms with Gasteiger partial charge in [-0.2, -0.15) is 0 Å². The quantitative estimate of drug-likeness (QED) is 0.772. The van der Waals surface area contributed by atoms with Gasteiger partial charge in [0, 0.05) is 20.8 Å². The van der Waals surface area contributed by atoms with Crippen LogP contribution in [0.5, 0.6) is 0 Å². The molecule has 0 aliphatic heterocycles. The second kappa shape index (κ2) is 7.07. The molecule has 1 unspecified atom stereocenters. The molecule has 0 spiro atoms. The molecular formula is C17H20ClNS. The maximum Gasteiger partial charge on any atom is 0.0412 e. The number of rotatable bonds is 5. The van der Waals surface area contributed by atoms with Gasteiger partial charge >= 0.3 is 0 Å². The van der Waals surface area contributed by atoms with Crippen molar-refractivity contribution in [1.82, 2.24) is 5.32 Å². The first-order valence-electron chi connectivity index (χ1n) is 6.87. The van der Waals surface area contributed by atoms with Gasteiger partial charge in [-0.25, -0.2) is 0 Å². The summed E-state index contributed by atoms with van der Waals surface area (Å²) in [4.78, 5) is 2.53. The molecular weight excluding hydrogens is 286 g/mol. The van der Waals surface area contributed by atoms with Crippen LogP contribution in [0, 0.1) is 0 Å². The first kappa shape index (κ1) is 15.3. The van der Waals surface area contributed by atoms with E-state index in [-0.39, 0.29) is 0 Å². The van der Waals surface area contributed by atoms with Crippen molar-refractivity contribution in [3.05, 3.63) is 51.9 Å². The highest BCUT2D eigenvalue weighted by Gasteiger charge is 2.05. The molecule has 20 heavy (non-hydrogen) atoms. The fourth-order valence-corrected chi connectivity index (χ4v) is 3.25. The molecule has 1 N–H and O–H groups in total. The third-order valence-corrected chi connectivity index (χ3v) is 4.62. The van der Waals surface area contributed by atoms with Crippen LogP contribution in [-0.2, 0) is 0 Å². The van der Waals surface area contributed by atoms with Crippen molar-refractivity contribution in [2.45, 2.75) is 26.8 Å². The lowest BCUT2D eigenvalue weighted by Crippen LogP contribution is -2.26. The topological polar surface area (TPSA) is 12.0 Å². The second-order valence-corrected chi connectivity index (χ2v) is 6.43. The third kappa shape index (κ3) is 3.95. The van der Waals surface area contributed by atoms with Crippen molar-refractivity contribution in [1.29, 1.82) is 0 Å². The molecule has 1 nitrogen and oxygen atoms in total. The van der Waals surface area contributed by atoms with Crippen LogP contribution in [0.15, 0.2) is 42.0 Å². The highest BCUT2D eigenvalue weighted by Crippen LogP contribution is 2.31. The molecule has 0 fully saturated rings. The van der Waals surface area contributed by atoms with E-state index in [4.69, 9.17) is 11.6 Å². The molecule has 3 heteroatoms. The van der Waals surface area contributed by atoms with Crippen LogP contribution < -0.4 is 5.32 Å². The Bertz CT molecular complexity index is 601. The molecule has 0 aliphatic carbocycles. The minimum absolute atomic E-state index is 0.414. The number of likely N-dealkylation sites (N-methyl/N-ethyl adjacent to an activating group) is 1. The van der Waals surface area contributed by atoms with Crippen LogP contribution in [0.4, 0.5) is 0 Å². The SMILES string of the molecule is CCNC(C)/C(C)=C/c1ccc(-c2cccc(Cl)c2)s1. The van der Waals surface area contributed by atoms with Crippen molar-refractivity contribution >= 4 is 29.0 Å². The zero-order chi connectivity index (χ0) is 14.5. The number of thiophene rings is 1. The Labute approximate surface area is 130 Å². The van der Waals surface area contributed by atoms with Gasteiger partial charge in [-0.1, -0.05) is 36.2 Å². The summed E-state index contributed by atoms with van der Waals surface area (Å²) in [7, 11) is 0. The summed E-state index contributed by atoms with van der Waals surface area (Å²) < 4.78 is 0. The highest BCUT2D eigenvalue weighted by atomic mass is 35.5. The van der Waals surface area contributed by atoms with Crippen LogP contribution >= 0.6 is 22.9 Å². The lowest BCUT2D eigenvalue weighted by atomic mass is 10.1. The Morgan fingerprint density at radius 2 is 2.15 bits per heavy atom. The van der Waals surface area contributed by atoms with E-state index in [0.29, 0.717) is 6.04 Å². The van der Waals surface area contributed by atoms with Crippen molar-refractivity contribution in [3.8, 4) is 10.4 Å². The summed E-state index contributed by atoms with van der Waals surface area (Å²) in [6.07, 6.45) is 2.26. The molecule has 1 aromatic carbocycles. The van der Waals surface area contributed by atoms with Gasteiger partial charge in [-0.15, -0.1) is 11.3 Å². The number of hydrogen-bond acceptors (Lipinski definition) is 2. The van der Waals surface area contributed by atoms with Crippen molar-refractivity contribution in [3.63, 3.8) is 0 Å². The largest absolute Gasteiger partial charge is 0.311 e. The normalized spacial score (nSPS) is 13.5. The zero-order valence-corrected chi connectivity index (χ0v) is 13.7. The predicted molar refractivity (Wildman–Crippen MR) is 91.6 cm³/mol. The van der Waals surface area contributed by atoms with E-state index >= 15 is 0 Å². The van der Waals surface area contributed by atoms with Crippen molar-refractivity contribution in [2.24, 2.45) is 0 Å². The summed E-state index contributed by atoms with van der Waals surface area (Å²) in [6.45, 7) is 7.49. The Kier molecular flexibility index (Phi) is 5.41.